The van der Waals surface area contributed by atoms with Gasteiger partial charge in [-0.3, -0.25) is 4.98 Å². The van der Waals surface area contributed by atoms with Gasteiger partial charge in [-0.1, -0.05) is 17.7 Å². The summed E-state index contributed by atoms with van der Waals surface area (Å²) in [6.07, 6.45) is 5.77. The Morgan fingerprint density at radius 2 is 2.40 bits per heavy atom. The lowest BCUT2D eigenvalue weighted by molar-refractivity contribution is 0.513. The molecule has 0 aromatic carbocycles. The monoisotopic (exact) mass is 224 g/mol. The standard InChI is InChI=1S/C12H17ClN2/c1-3-4-5-10(2)14-9-12-7-6-11(13)8-15-12/h3,6-8,10,14H,1,4-5,9H2,2H3. The molecule has 0 aliphatic carbocycles. The number of rotatable bonds is 6. The first kappa shape index (κ1) is 12.2. The fraction of sp³-hybridized carbons (Fsp3) is 0.417. The minimum atomic E-state index is 0.487. The second-order valence-corrected chi connectivity index (χ2v) is 4.05. The first-order valence-corrected chi connectivity index (χ1v) is 5.55. The van der Waals surface area contributed by atoms with Gasteiger partial charge in [-0.15, -0.1) is 6.58 Å². The van der Waals surface area contributed by atoms with Crippen LogP contribution < -0.4 is 5.32 Å². The number of nitrogens with zero attached hydrogens (tertiary/aromatic N) is 1. The molecule has 0 radical (unpaired) electrons. The van der Waals surface area contributed by atoms with Gasteiger partial charge < -0.3 is 5.32 Å². The number of halogens is 1. The van der Waals surface area contributed by atoms with Crippen molar-refractivity contribution in [2.45, 2.75) is 32.4 Å². The van der Waals surface area contributed by atoms with Gasteiger partial charge >= 0.3 is 0 Å². The molecule has 1 aromatic rings. The maximum atomic E-state index is 5.75. The Labute approximate surface area is 96.4 Å². The molecule has 0 aliphatic heterocycles. The second kappa shape index (κ2) is 6.59. The highest BCUT2D eigenvalue weighted by Gasteiger charge is 2.00. The summed E-state index contributed by atoms with van der Waals surface area (Å²) >= 11 is 5.75. The average molecular weight is 225 g/mol. The second-order valence-electron chi connectivity index (χ2n) is 3.62. The van der Waals surface area contributed by atoms with Crippen LogP contribution in [0, 0.1) is 0 Å². The molecule has 0 aliphatic rings. The molecule has 15 heavy (non-hydrogen) atoms. The van der Waals surface area contributed by atoms with Crippen molar-refractivity contribution in [3.8, 4) is 0 Å². The third-order valence-corrected chi connectivity index (χ3v) is 2.45. The van der Waals surface area contributed by atoms with Gasteiger partial charge in [-0.05, 0) is 31.9 Å². The molecule has 1 unspecified atom stereocenters. The van der Waals surface area contributed by atoms with Crippen molar-refractivity contribution in [1.29, 1.82) is 0 Å². The summed E-state index contributed by atoms with van der Waals surface area (Å²) in [7, 11) is 0. The zero-order valence-corrected chi connectivity index (χ0v) is 9.80. The molecule has 82 valence electrons. The summed E-state index contributed by atoms with van der Waals surface area (Å²) in [4.78, 5) is 4.22. The molecule has 0 spiro atoms. The van der Waals surface area contributed by atoms with E-state index in [0.717, 1.165) is 25.1 Å². The lowest BCUT2D eigenvalue weighted by Crippen LogP contribution is -2.25. The lowest BCUT2D eigenvalue weighted by Gasteiger charge is -2.11. The summed E-state index contributed by atoms with van der Waals surface area (Å²) in [6.45, 7) is 6.66. The Kier molecular flexibility index (Phi) is 5.37. The molecule has 1 aromatic heterocycles. The predicted molar refractivity (Wildman–Crippen MR) is 65.0 cm³/mol. The number of nitrogens with one attached hydrogen (secondary N) is 1. The van der Waals surface area contributed by atoms with Gasteiger partial charge in [0.2, 0.25) is 0 Å². The average Bonchev–Trinajstić information content (AvgIpc) is 2.25. The maximum absolute atomic E-state index is 5.75. The van der Waals surface area contributed by atoms with Crippen LogP contribution in [-0.2, 0) is 6.54 Å². The number of allylic oxidation sites excluding steroid dienone is 1. The zero-order chi connectivity index (χ0) is 11.1. The molecule has 1 rings (SSSR count). The number of hydrogen-bond donors (Lipinski definition) is 1. The van der Waals surface area contributed by atoms with Gasteiger partial charge in [-0.2, -0.15) is 0 Å². The van der Waals surface area contributed by atoms with E-state index in [1.54, 1.807) is 6.20 Å². The Morgan fingerprint density at radius 3 is 3.00 bits per heavy atom. The number of aromatic nitrogens is 1. The van der Waals surface area contributed by atoms with Crippen LogP contribution in [0.2, 0.25) is 5.02 Å². The molecule has 0 amide bonds. The molecule has 0 bridgehead atoms. The fourth-order valence-electron chi connectivity index (χ4n) is 1.26. The first-order valence-electron chi connectivity index (χ1n) is 5.17. The third-order valence-electron chi connectivity index (χ3n) is 2.22. The Morgan fingerprint density at radius 1 is 1.60 bits per heavy atom. The molecule has 0 saturated carbocycles. The minimum Gasteiger partial charge on any atom is -0.309 e. The highest BCUT2D eigenvalue weighted by atomic mass is 35.5. The van der Waals surface area contributed by atoms with Crippen LogP contribution in [0.25, 0.3) is 0 Å². The zero-order valence-electron chi connectivity index (χ0n) is 9.04. The molecule has 0 saturated heterocycles. The van der Waals surface area contributed by atoms with E-state index >= 15 is 0 Å². The Hall–Kier alpha value is -0.860. The molecule has 1 N–H and O–H groups in total. The molecule has 1 heterocycles. The van der Waals surface area contributed by atoms with E-state index in [1.807, 2.05) is 18.2 Å². The largest absolute Gasteiger partial charge is 0.309 e. The van der Waals surface area contributed by atoms with E-state index in [9.17, 15) is 0 Å². The van der Waals surface area contributed by atoms with Gasteiger partial charge in [0.05, 0.1) is 10.7 Å². The number of hydrogen-bond acceptors (Lipinski definition) is 2. The van der Waals surface area contributed by atoms with Crippen LogP contribution >= 0.6 is 11.6 Å². The van der Waals surface area contributed by atoms with Crippen LogP contribution in [-0.4, -0.2) is 11.0 Å². The van der Waals surface area contributed by atoms with Crippen molar-refractivity contribution in [3.05, 3.63) is 41.7 Å². The van der Waals surface area contributed by atoms with E-state index in [-0.39, 0.29) is 0 Å². The predicted octanol–water partition coefficient (Wildman–Crippen LogP) is 3.18. The molecule has 0 fully saturated rings. The van der Waals surface area contributed by atoms with Crippen molar-refractivity contribution in [3.63, 3.8) is 0 Å². The summed E-state index contributed by atoms with van der Waals surface area (Å²) in [6, 6.07) is 4.29. The van der Waals surface area contributed by atoms with Crippen LogP contribution in [0.15, 0.2) is 31.0 Å². The van der Waals surface area contributed by atoms with Crippen molar-refractivity contribution in [2.24, 2.45) is 0 Å². The Bertz CT molecular complexity index is 295. The van der Waals surface area contributed by atoms with Gasteiger partial charge in [0, 0.05) is 18.8 Å². The molecular weight excluding hydrogens is 208 g/mol. The molecule has 1 atom stereocenters. The summed E-state index contributed by atoms with van der Waals surface area (Å²) in [5.41, 5.74) is 1.02. The summed E-state index contributed by atoms with van der Waals surface area (Å²) in [5.74, 6) is 0. The highest BCUT2D eigenvalue weighted by molar-refractivity contribution is 6.30. The smallest absolute Gasteiger partial charge is 0.0589 e. The van der Waals surface area contributed by atoms with Crippen molar-refractivity contribution >= 4 is 11.6 Å². The molecule has 3 heteroatoms. The summed E-state index contributed by atoms with van der Waals surface area (Å²) < 4.78 is 0. The van der Waals surface area contributed by atoms with Gasteiger partial charge in [0.15, 0.2) is 0 Å². The topological polar surface area (TPSA) is 24.9 Å². The number of pyridine rings is 1. The van der Waals surface area contributed by atoms with Crippen LogP contribution in [0.5, 0.6) is 0 Å². The van der Waals surface area contributed by atoms with E-state index in [4.69, 9.17) is 11.6 Å². The first-order chi connectivity index (χ1) is 7.22. The van der Waals surface area contributed by atoms with Crippen molar-refractivity contribution in [1.82, 2.24) is 10.3 Å². The quantitative estimate of drug-likeness (QED) is 0.751. The van der Waals surface area contributed by atoms with E-state index in [1.165, 1.54) is 0 Å². The van der Waals surface area contributed by atoms with Crippen LogP contribution in [0.3, 0.4) is 0 Å². The van der Waals surface area contributed by atoms with Crippen LogP contribution in [0.1, 0.15) is 25.5 Å². The highest BCUT2D eigenvalue weighted by Crippen LogP contribution is 2.06. The molecular formula is C12H17ClN2. The van der Waals surface area contributed by atoms with E-state index < -0.39 is 0 Å². The van der Waals surface area contributed by atoms with E-state index in [0.29, 0.717) is 11.1 Å². The van der Waals surface area contributed by atoms with Crippen LogP contribution in [0.4, 0.5) is 0 Å². The lowest BCUT2D eigenvalue weighted by atomic mass is 10.2. The summed E-state index contributed by atoms with van der Waals surface area (Å²) in [5, 5.41) is 4.08. The normalized spacial score (nSPS) is 12.4. The fourth-order valence-corrected chi connectivity index (χ4v) is 1.37. The van der Waals surface area contributed by atoms with Crippen molar-refractivity contribution in [2.75, 3.05) is 0 Å². The van der Waals surface area contributed by atoms with Gasteiger partial charge in [0.1, 0.15) is 0 Å². The minimum absolute atomic E-state index is 0.487. The van der Waals surface area contributed by atoms with Gasteiger partial charge in [0.25, 0.3) is 0 Å². The SMILES string of the molecule is C=CCCC(C)NCc1ccc(Cl)cn1. The Balaban J connectivity index is 2.30. The van der Waals surface area contributed by atoms with E-state index in [2.05, 4.69) is 23.8 Å². The van der Waals surface area contributed by atoms with Crippen molar-refractivity contribution < 1.29 is 0 Å². The third kappa shape index (κ3) is 4.96. The van der Waals surface area contributed by atoms with Gasteiger partial charge in [-0.25, -0.2) is 0 Å². The maximum Gasteiger partial charge on any atom is 0.0589 e. The molecule has 2 nitrogen and oxygen atoms in total.